The van der Waals surface area contributed by atoms with Crippen LogP contribution >= 0.6 is 11.6 Å². The maximum absolute atomic E-state index is 6.09. The summed E-state index contributed by atoms with van der Waals surface area (Å²) in [7, 11) is 0. The van der Waals surface area contributed by atoms with Gasteiger partial charge in [-0.1, -0.05) is 25.4 Å². The lowest BCUT2D eigenvalue weighted by Crippen LogP contribution is -2.30. The van der Waals surface area contributed by atoms with Crippen molar-refractivity contribution < 1.29 is 0 Å². The Morgan fingerprint density at radius 3 is 2.84 bits per heavy atom. The molecule has 3 N–H and O–H groups in total. The maximum Gasteiger partial charge on any atom is 0.0737 e. The van der Waals surface area contributed by atoms with Crippen LogP contribution in [-0.2, 0) is 0 Å². The predicted octanol–water partition coefficient (Wildman–Crippen LogP) is 3.67. The summed E-state index contributed by atoms with van der Waals surface area (Å²) in [6.45, 7) is 5.13. The van der Waals surface area contributed by atoms with Crippen molar-refractivity contribution in [2.75, 3.05) is 11.9 Å². The molecule has 2 aromatic rings. The molecule has 0 amide bonds. The van der Waals surface area contributed by atoms with Gasteiger partial charge in [0.15, 0.2) is 0 Å². The second kappa shape index (κ2) is 6.22. The molecule has 0 saturated heterocycles. The fraction of sp³-hybridized carbons (Fsp3) is 0.400. The second-order valence-electron chi connectivity index (χ2n) is 5.29. The van der Waals surface area contributed by atoms with Gasteiger partial charge in [-0.2, -0.15) is 0 Å². The van der Waals surface area contributed by atoms with E-state index in [1.165, 1.54) is 0 Å². The Hall–Kier alpha value is -1.32. The lowest BCUT2D eigenvalue weighted by atomic mass is 10.0. The first kappa shape index (κ1) is 14.1. The summed E-state index contributed by atoms with van der Waals surface area (Å²) in [4.78, 5) is 4.32. The van der Waals surface area contributed by atoms with Crippen LogP contribution in [0.25, 0.3) is 10.9 Å². The first-order valence-electron chi connectivity index (χ1n) is 6.60. The molecule has 102 valence electrons. The summed E-state index contributed by atoms with van der Waals surface area (Å²) in [6.07, 6.45) is 2.80. The second-order valence-corrected chi connectivity index (χ2v) is 5.73. The van der Waals surface area contributed by atoms with Crippen LogP contribution in [0, 0.1) is 5.92 Å². The number of nitrogens with two attached hydrogens (primary N) is 1. The number of aromatic nitrogens is 1. The van der Waals surface area contributed by atoms with Crippen molar-refractivity contribution in [3.05, 3.63) is 35.5 Å². The van der Waals surface area contributed by atoms with Gasteiger partial charge in [-0.3, -0.25) is 4.98 Å². The average Bonchev–Trinajstić information content (AvgIpc) is 2.35. The zero-order valence-corrected chi connectivity index (χ0v) is 12.1. The van der Waals surface area contributed by atoms with E-state index in [4.69, 9.17) is 17.3 Å². The van der Waals surface area contributed by atoms with E-state index in [-0.39, 0.29) is 6.04 Å². The Labute approximate surface area is 119 Å². The number of anilines is 1. The van der Waals surface area contributed by atoms with Gasteiger partial charge in [-0.25, -0.2) is 0 Å². The lowest BCUT2D eigenvalue weighted by molar-refractivity contribution is 0.508. The number of halogens is 1. The largest absolute Gasteiger partial charge is 0.383 e. The van der Waals surface area contributed by atoms with Crippen LogP contribution in [-0.4, -0.2) is 17.6 Å². The van der Waals surface area contributed by atoms with Crippen molar-refractivity contribution in [1.29, 1.82) is 0 Å². The molecule has 19 heavy (non-hydrogen) atoms. The monoisotopic (exact) mass is 277 g/mol. The fourth-order valence-corrected chi connectivity index (χ4v) is 2.37. The summed E-state index contributed by atoms with van der Waals surface area (Å²) in [5, 5.41) is 5.18. The van der Waals surface area contributed by atoms with E-state index in [1.54, 1.807) is 6.20 Å². The first-order valence-corrected chi connectivity index (χ1v) is 6.98. The van der Waals surface area contributed by atoms with Gasteiger partial charge in [-0.05, 0) is 36.6 Å². The Kier molecular flexibility index (Phi) is 4.61. The maximum atomic E-state index is 6.09. The normalized spacial score (nSPS) is 12.9. The van der Waals surface area contributed by atoms with E-state index in [0.717, 1.165) is 29.6 Å². The molecule has 2 rings (SSSR count). The van der Waals surface area contributed by atoms with Gasteiger partial charge in [0.05, 0.1) is 5.52 Å². The molecule has 0 aliphatic heterocycles. The zero-order chi connectivity index (χ0) is 13.8. The van der Waals surface area contributed by atoms with Crippen molar-refractivity contribution in [2.45, 2.75) is 26.3 Å². The number of nitrogens with one attached hydrogen (secondary N) is 1. The molecule has 1 atom stereocenters. The van der Waals surface area contributed by atoms with Gasteiger partial charge in [0.25, 0.3) is 0 Å². The van der Waals surface area contributed by atoms with Crippen LogP contribution in [0.2, 0.25) is 5.02 Å². The smallest absolute Gasteiger partial charge is 0.0737 e. The molecule has 1 aromatic carbocycles. The molecule has 0 bridgehead atoms. The van der Waals surface area contributed by atoms with Gasteiger partial charge in [0.2, 0.25) is 0 Å². The van der Waals surface area contributed by atoms with Crippen molar-refractivity contribution >= 4 is 28.2 Å². The van der Waals surface area contributed by atoms with Crippen LogP contribution in [0.1, 0.15) is 20.3 Å². The molecule has 1 aromatic heterocycles. The number of benzene rings is 1. The van der Waals surface area contributed by atoms with Crippen LogP contribution in [0.5, 0.6) is 0 Å². The van der Waals surface area contributed by atoms with Gasteiger partial charge in [0.1, 0.15) is 0 Å². The molecule has 1 unspecified atom stereocenters. The number of pyridine rings is 1. The van der Waals surface area contributed by atoms with Crippen molar-refractivity contribution in [3.8, 4) is 0 Å². The van der Waals surface area contributed by atoms with Crippen LogP contribution in [0.15, 0.2) is 30.5 Å². The third-order valence-electron chi connectivity index (χ3n) is 3.03. The summed E-state index contributed by atoms with van der Waals surface area (Å²) < 4.78 is 0. The number of rotatable bonds is 5. The van der Waals surface area contributed by atoms with E-state index >= 15 is 0 Å². The van der Waals surface area contributed by atoms with Crippen LogP contribution in [0.4, 0.5) is 5.69 Å². The van der Waals surface area contributed by atoms with Crippen LogP contribution < -0.4 is 11.1 Å². The van der Waals surface area contributed by atoms with E-state index in [9.17, 15) is 0 Å². The lowest BCUT2D eigenvalue weighted by Gasteiger charge is -2.16. The molecule has 4 heteroatoms. The standard InChI is InChI=1S/C15H20ClN3/c1-10(2)7-12(17)9-19-14-5-6-18-15-8-11(16)3-4-13(14)15/h3-6,8,10,12H,7,9,17H2,1-2H3,(H,18,19). The highest BCUT2D eigenvalue weighted by Gasteiger charge is 2.07. The van der Waals surface area contributed by atoms with E-state index < -0.39 is 0 Å². The summed E-state index contributed by atoms with van der Waals surface area (Å²) >= 11 is 5.98. The zero-order valence-electron chi connectivity index (χ0n) is 11.4. The predicted molar refractivity (Wildman–Crippen MR) is 82.7 cm³/mol. The molecule has 0 aliphatic carbocycles. The third kappa shape index (κ3) is 3.82. The molecule has 0 aliphatic rings. The first-order chi connectivity index (χ1) is 9.06. The minimum Gasteiger partial charge on any atom is -0.383 e. The molecular formula is C15H20ClN3. The van der Waals surface area contributed by atoms with Gasteiger partial charge in [-0.15, -0.1) is 0 Å². The van der Waals surface area contributed by atoms with E-state index in [2.05, 4.69) is 24.1 Å². The molecule has 0 fully saturated rings. The van der Waals surface area contributed by atoms with Gasteiger partial charge >= 0.3 is 0 Å². The topological polar surface area (TPSA) is 50.9 Å². The van der Waals surface area contributed by atoms with E-state index in [0.29, 0.717) is 10.9 Å². The number of hydrogen-bond acceptors (Lipinski definition) is 3. The molecule has 0 spiro atoms. The number of fused-ring (bicyclic) bond motifs is 1. The Morgan fingerprint density at radius 1 is 1.32 bits per heavy atom. The number of hydrogen-bond donors (Lipinski definition) is 2. The van der Waals surface area contributed by atoms with Crippen molar-refractivity contribution in [1.82, 2.24) is 4.98 Å². The number of nitrogens with zero attached hydrogens (tertiary/aromatic N) is 1. The van der Waals surface area contributed by atoms with Gasteiger partial charge < -0.3 is 11.1 Å². The molecule has 1 heterocycles. The minimum atomic E-state index is 0.163. The average molecular weight is 278 g/mol. The molecule has 0 saturated carbocycles. The molecular weight excluding hydrogens is 258 g/mol. The Morgan fingerprint density at radius 2 is 2.11 bits per heavy atom. The molecule has 0 radical (unpaired) electrons. The van der Waals surface area contributed by atoms with Crippen molar-refractivity contribution in [2.24, 2.45) is 11.7 Å². The third-order valence-corrected chi connectivity index (χ3v) is 3.27. The quantitative estimate of drug-likeness (QED) is 0.877. The summed E-state index contributed by atoms with van der Waals surface area (Å²) in [6, 6.07) is 7.87. The Balaban J connectivity index is 2.12. The van der Waals surface area contributed by atoms with Gasteiger partial charge in [0, 0.05) is 34.9 Å². The summed E-state index contributed by atoms with van der Waals surface area (Å²) in [5.41, 5.74) is 8.05. The Bertz CT molecular complexity index is 554. The van der Waals surface area contributed by atoms with Crippen molar-refractivity contribution in [3.63, 3.8) is 0 Å². The molecule has 3 nitrogen and oxygen atoms in total. The summed E-state index contributed by atoms with van der Waals surface area (Å²) in [5.74, 6) is 0.616. The highest BCUT2D eigenvalue weighted by atomic mass is 35.5. The highest BCUT2D eigenvalue weighted by molar-refractivity contribution is 6.31. The SMILES string of the molecule is CC(C)CC(N)CNc1ccnc2cc(Cl)ccc12. The minimum absolute atomic E-state index is 0.163. The van der Waals surface area contributed by atoms with E-state index in [1.807, 2.05) is 24.3 Å². The van der Waals surface area contributed by atoms with Crippen LogP contribution in [0.3, 0.4) is 0 Å². The highest BCUT2D eigenvalue weighted by Crippen LogP contribution is 2.24. The fourth-order valence-electron chi connectivity index (χ4n) is 2.21.